The van der Waals surface area contributed by atoms with Crippen molar-refractivity contribution in [2.24, 2.45) is 0 Å². The van der Waals surface area contributed by atoms with Crippen molar-refractivity contribution in [2.45, 2.75) is 5.51 Å². The van der Waals surface area contributed by atoms with Crippen LogP contribution >= 0.6 is 0 Å². The number of alkyl halides is 3. The van der Waals surface area contributed by atoms with Crippen molar-refractivity contribution in [3.63, 3.8) is 0 Å². The first kappa shape index (κ1) is 12.7. The number of halogens is 3. The van der Waals surface area contributed by atoms with Gasteiger partial charge in [0, 0.05) is 0 Å². The predicted molar refractivity (Wildman–Crippen MR) is 15.8 cm³/mol. The van der Waals surface area contributed by atoms with Crippen molar-refractivity contribution in [3.05, 3.63) is 0 Å². The molecular weight excluding hydrogens is 290 g/mol. The summed E-state index contributed by atoms with van der Waals surface area (Å²) in [5.41, 5.74) is -5.65. The Hall–Kier alpha value is 1.06. The van der Waals surface area contributed by atoms with E-state index in [4.69, 9.17) is 13.0 Å². The van der Waals surface area contributed by atoms with Gasteiger partial charge >= 0.3 is 46.8 Å². The Labute approximate surface area is 82.3 Å². The molecule has 0 fully saturated rings. The van der Waals surface area contributed by atoms with Crippen molar-refractivity contribution in [3.8, 4) is 0 Å². The monoisotopic (exact) mass is 290 g/mol. The summed E-state index contributed by atoms with van der Waals surface area (Å²) in [5, 5.41) is 0. The molecule has 9 heavy (non-hydrogen) atoms. The predicted octanol–water partition coefficient (Wildman–Crippen LogP) is 0.0514. The fraction of sp³-hybridized carbons (Fsp3) is 1.00. The van der Waals surface area contributed by atoms with Gasteiger partial charge < -0.3 is 4.55 Å². The van der Waals surface area contributed by atoms with Crippen molar-refractivity contribution in [1.29, 1.82) is 0 Å². The second-order valence-corrected chi connectivity index (χ2v) is 2.27. The van der Waals surface area contributed by atoms with Crippen molar-refractivity contribution >= 4 is 10.1 Å². The normalized spacial score (nSPS) is 12.4. The Bertz CT molecular complexity index is 168. The first-order chi connectivity index (χ1) is 3.25. The summed E-state index contributed by atoms with van der Waals surface area (Å²) in [4.78, 5) is 0. The minimum absolute atomic E-state index is 0. The van der Waals surface area contributed by atoms with E-state index >= 15 is 0 Å². The van der Waals surface area contributed by atoms with Gasteiger partial charge in [0.25, 0.3) is 0 Å². The fourth-order valence-corrected chi connectivity index (χ4v) is 0. The molecule has 0 radical (unpaired) electrons. The van der Waals surface area contributed by atoms with Crippen LogP contribution in [0.15, 0.2) is 0 Å². The zero-order valence-electron chi connectivity index (χ0n) is 3.84. The third kappa shape index (κ3) is 4.47. The molecule has 0 N–H and O–H groups in total. The number of rotatable bonds is 0. The molecule has 0 unspecified atom stereocenters. The Morgan fingerprint density at radius 2 is 1.33 bits per heavy atom. The second-order valence-electron chi connectivity index (χ2n) is 0.900. The van der Waals surface area contributed by atoms with Crippen molar-refractivity contribution in [1.82, 2.24) is 0 Å². The Morgan fingerprint density at radius 3 is 1.33 bits per heavy atom. The molecule has 0 saturated carbocycles. The largest absolute Gasteiger partial charge is 3.00 e. The molecule has 0 heterocycles. The topological polar surface area (TPSA) is 57.2 Å². The zero-order chi connectivity index (χ0) is 7.00. The van der Waals surface area contributed by atoms with Gasteiger partial charge in [0.05, 0.1) is 0 Å². The van der Waals surface area contributed by atoms with Crippen LogP contribution in [0.2, 0.25) is 0 Å². The van der Waals surface area contributed by atoms with Gasteiger partial charge in [0.15, 0.2) is 10.1 Å². The van der Waals surface area contributed by atoms with Crippen LogP contribution in [0.25, 0.3) is 0 Å². The van der Waals surface area contributed by atoms with Crippen LogP contribution in [0.5, 0.6) is 0 Å². The van der Waals surface area contributed by atoms with Crippen LogP contribution in [-0.4, -0.2) is 18.5 Å². The maximum absolute atomic E-state index is 10.7. The molecule has 50 valence electrons. The molecule has 0 aromatic rings. The minimum atomic E-state index is -6.09. The van der Waals surface area contributed by atoms with Crippen LogP contribution in [-0.2, 0) is 10.1 Å². The molecule has 0 aromatic heterocycles. The van der Waals surface area contributed by atoms with Gasteiger partial charge in [0.2, 0.25) is 0 Å². The summed E-state index contributed by atoms with van der Waals surface area (Å²) >= 11 is 0. The SMILES string of the molecule is O=S(=O)([O-])C(F)(F)F.[Pr+3]. The molecule has 0 rings (SSSR count). The molecule has 0 aliphatic carbocycles. The van der Waals surface area contributed by atoms with E-state index in [1.54, 1.807) is 0 Å². The van der Waals surface area contributed by atoms with Crippen LogP contribution in [0, 0.1) is 41.3 Å². The summed E-state index contributed by atoms with van der Waals surface area (Å²) in [5.74, 6) is 0. The molecule has 0 saturated heterocycles. The Morgan fingerprint density at radius 1 is 1.22 bits per heavy atom. The van der Waals surface area contributed by atoms with Gasteiger partial charge in [-0.3, -0.25) is 0 Å². The minimum Gasteiger partial charge on any atom is -0.741 e. The van der Waals surface area contributed by atoms with Gasteiger partial charge in [-0.25, -0.2) is 8.42 Å². The summed E-state index contributed by atoms with van der Waals surface area (Å²) < 4.78 is 58.9. The zero-order valence-corrected chi connectivity index (χ0v) is 8.37. The van der Waals surface area contributed by atoms with E-state index in [1.807, 2.05) is 0 Å². The molecule has 8 heteroatoms. The van der Waals surface area contributed by atoms with Gasteiger partial charge in [-0.2, -0.15) is 13.2 Å². The van der Waals surface area contributed by atoms with E-state index in [9.17, 15) is 13.2 Å². The van der Waals surface area contributed by atoms with Gasteiger partial charge in [-0.05, 0) is 0 Å². The van der Waals surface area contributed by atoms with E-state index in [0.29, 0.717) is 0 Å². The molecule has 0 amide bonds. The maximum atomic E-state index is 10.7. The smallest absolute Gasteiger partial charge is 0.741 e. The molecule has 3 nitrogen and oxygen atoms in total. The summed E-state index contributed by atoms with van der Waals surface area (Å²) in [6.07, 6.45) is 0. The first-order valence-corrected chi connectivity index (χ1v) is 2.68. The molecule has 0 atom stereocenters. The Kier molecular flexibility index (Phi) is 4.88. The van der Waals surface area contributed by atoms with Gasteiger partial charge in [-0.1, -0.05) is 0 Å². The number of hydrogen-bond donors (Lipinski definition) is 0. The van der Waals surface area contributed by atoms with Gasteiger partial charge in [0.1, 0.15) is 0 Å². The average molecular weight is 290 g/mol. The van der Waals surface area contributed by atoms with E-state index in [0.717, 1.165) is 0 Å². The second kappa shape index (κ2) is 3.45. The van der Waals surface area contributed by atoms with Crippen LogP contribution in [0.4, 0.5) is 13.2 Å². The molecular formula is CF3O3PrS+2. The molecule has 0 bridgehead atoms. The third-order valence-corrected chi connectivity index (χ3v) is 0.850. The van der Waals surface area contributed by atoms with Crippen LogP contribution in [0.1, 0.15) is 0 Å². The standard InChI is InChI=1S/CHF3O3S.Pr/c2-1(3,4)8(5,6)7;/h(H,5,6,7);/q;+3/p-1. The molecule has 0 aromatic carbocycles. The van der Waals surface area contributed by atoms with E-state index in [2.05, 4.69) is 0 Å². The van der Waals surface area contributed by atoms with Crippen LogP contribution < -0.4 is 0 Å². The molecule has 0 aliphatic heterocycles. The molecule has 0 aliphatic rings. The Balaban J connectivity index is 0. The quantitative estimate of drug-likeness (QED) is 0.468. The van der Waals surface area contributed by atoms with E-state index in [1.165, 1.54) is 0 Å². The van der Waals surface area contributed by atoms with Crippen LogP contribution in [0.3, 0.4) is 0 Å². The van der Waals surface area contributed by atoms with Gasteiger partial charge in [-0.15, -0.1) is 0 Å². The van der Waals surface area contributed by atoms with Crippen molar-refractivity contribution in [2.75, 3.05) is 0 Å². The first-order valence-electron chi connectivity index (χ1n) is 1.27. The van der Waals surface area contributed by atoms with E-state index in [-0.39, 0.29) is 41.3 Å². The number of hydrogen-bond acceptors (Lipinski definition) is 3. The average Bonchev–Trinajstić information content (AvgIpc) is 1.25. The fourth-order valence-electron chi connectivity index (χ4n) is 0. The third-order valence-electron chi connectivity index (χ3n) is 0.283. The summed E-state index contributed by atoms with van der Waals surface area (Å²) in [7, 11) is -6.09. The summed E-state index contributed by atoms with van der Waals surface area (Å²) in [6.45, 7) is 0. The maximum Gasteiger partial charge on any atom is 3.00 e. The van der Waals surface area contributed by atoms with Crippen molar-refractivity contribution < 1.29 is 67.4 Å². The van der Waals surface area contributed by atoms with E-state index < -0.39 is 15.6 Å². The molecule has 0 spiro atoms. The summed E-state index contributed by atoms with van der Waals surface area (Å²) in [6, 6.07) is 0.